The monoisotopic (exact) mass is 346 g/mol. The Balaban J connectivity index is 1.58. The van der Waals surface area contributed by atoms with Crippen LogP contribution in [-0.2, 0) is 0 Å². The second-order valence-electron chi connectivity index (χ2n) is 6.86. The van der Waals surface area contributed by atoms with Gasteiger partial charge in [0.2, 0.25) is 0 Å². The molecule has 0 spiro atoms. The average molecular weight is 347 g/mol. The average Bonchev–Trinajstić information content (AvgIpc) is 2.98. The summed E-state index contributed by atoms with van der Waals surface area (Å²) in [6.07, 6.45) is 15.8. The van der Waals surface area contributed by atoms with Crippen molar-refractivity contribution in [2.75, 3.05) is 12.3 Å². The summed E-state index contributed by atoms with van der Waals surface area (Å²) in [7, 11) is 0. The van der Waals surface area contributed by atoms with Crippen molar-refractivity contribution in [1.29, 1.82) is 0 Å². The summed E-state index contributed by atoms with van der Waals surface area (Å²) in [5, 5.41) is 0.372. The van der Waals surface area contributed by atoms with E-state index in [2.05, 4.69) is 35.5 Å². The molecule has 0 amide bonds. The Kier molecular flexibility index (Phi) is 9.34. The molecule has 0 aromatic carbocycles. The van der Waals surface area contributed by atoms with Crippen LogP contribution in [0.15, 0.2) is 36.7 Å². The third-order valence-electron chi connectivity index (χ3n) is 4.79. The number of aromatic nitrogens is 1. The van der Waals surface area contributed by atoms with Gasteiger partial charge in [0.1, 0.15) is 5.37 Å². The molecule has 0 bridgehead atoms. The van der Waals surface area contributed by atoms with Crippen molar-refractivity contribution in [3.8, 4) is 0 Å². The smallest absolute Gasteiger partial charge is 0.118 e. The predicted molar refractivity (Wildman–Crippen MR) is 107 cm³/mol. The molecule has 1 aliphatic rings. The molecule has 1 atom stereocenters. The molecule has 24 heavy (non-hydrogen) atoms. The van der Waals surface area contributed by atoms with E-state index in [-0.39, 0.29) is 0 Å². The van der Waals surface area contributed by atoms with E-state index in [1.165, 1.54) is 75.6 Å². The lowest BCUT2D eigenvalue weighted by atomic mass is 10.1. The van der Waals surface area contributed by atoms with Gasteiger partial charge < -0.3 is 4.90 Å². The van der Waals surface area contributed by atoms with Gasteiger partial charge in [0.15, 0.2) is 0 Å². The lowest BCUT2D eigenvalue weighted by molar-refractivity contribution is 0.329. The van der Waals surface area contributed by atoms with Crippen molar-refractivity contribution >= 4 is 11.8 Å². The number of pyridine rings is 1. The van der Waals surface area contributed by atoms with Gasteiger partial charge in [-0.15, -0.1) is 11.8 Å². The summed E-state index contributed by atoms with van der Waals surface area (Å²) >= 11 is 1.96. The molecular weight excluding hydrogens is 312 g/mol. The molecule has 1 aliphatic heterocycles. The van der Waals surface area contributed by atoms with Crippen molar-refractivity contribution in [1.82, 2.24) is 9.88 Å². The number of nitrogens with zero attached hydrogens (tertiary/aromatic N) is 2. The van der Waals surface area contributed by atoms with Crippen LogP contribution in [0.3, 0.4) is 0 Å². The van der Waals surface area contributed by atoms with Crippen molar-refractivity contribution in [3.05, 3.63) is 42.4 Å². The summed E-state index contributed by atoms with van der Waals surface area (Å²) < 4.78 is 0. The highest BCUT2D eigenvalue weighted by atomic mass is 32.2. The Morgan fingerprint density at radius 2 is 1.71 bits per heavy atom. The van der Waals surface area contributed by atoms with Gasteiger partial charge in [-0.2, -0.15) is 0 Å². The van der Waals surface area contributed by atoms with Crippen LogP contribution in [0, 0.1) is 0 Å². The molecular formula is C21H34N2S. The number of thioether (sulfide) groups is 1. The maximum Gasteiger partial charge on any atom is 0.118 e. The third-order valence-corrected chi connectivity index (χ3v) is 6.10. The summed E-state index contributed by atoms with van der Waals surface area (Å²) in [4.78, 5) is 7.01. The van der Waals surface area contributed by atoms with Gasteiger partial charge in [0.05, 0.1) is 5.69 Å². The summed E-state index contributed by atoms with van der Waals surface area (Å²) in [5.74, 6) is 1.04. The fourth-order valence-corrected chi connectivity index (χ4v) is 4.59. The van der Waals surface area contributed by atoms with Crippen LogP contribution >= 0.6 is 11.8 Å². The zero-order valence-electron chi connectivity index (χ0n) is 15.4. The van der Waals surface area contributed by atoms with Crippen LogP contribution < -0.4 is 0 Å². The number of rotatable bonds is 12. The maximum atomic E-state index is 4.54. The van der Waals surface area contributed by atoms with E-state index < -0.39 is 0 Å². The van der Waals surface area contributed by atoms with Crippen LogP contribution in [0.25, 0.3) is 0 Å². The van der Waals surface area contributed by atoms with Crippen LogP contribution in [-0.4, -0.2) is 22.2 Å². The molecule has 0 saturated carbocycles. The highest BCUT2D eigenvalue weighted by Crippen LogP contribution is 2.41. The molecule has 2 heterocycles. The van der Waals surface area contributed by atoms with E-state index >= 15 is 0 Å². The van der Waals surface area contributed by atoms with Gasteiger partial charge in [0, 0.05) is 24.2 Å². The minimum atomic E-state index is 0.372. The minimum absolute atomic E-state index is 0.372. The Morgan fingerprint density at radius 3 is 2.33 bits per heavy atom. The quantitative estimate of drug-likeness (QED) is 0.398. The van der Waals surface area contributed by atoms with E-state index in [1.807, 2.05) is 24.0 Å². The lowest BCUT2D eigenvalue weighted by Gasteiger charge is -2.26. The largest absolute Gasteiger partial charge is 0.357 e. The zero-order chi connectivity index (χ0) is 17.0. The first-order valence-corrected chi connectivity index (χ1v) is 10.8. The van der Waals surface area contributed by atoms with E-state index in [9.17, 15) is 0 Å². The fraction of sp³-hybridized carbons (Fsp3) is 0.667. The Labute approximate surface area is 153 Å². The number of hydrogen-bond donors (Lipinski definition) is 0. The molecule has 1 aromatic rings. The fourth-order valence-electron chi connectivity index (χ4n) is 3.33. The van der Waals surface area contributed by atoms with Crippen LogP contribution in [0.5, 0.6) is 0 Å². The standard InChI is InChI=1S/C21H34N2S/c1-3-4-5-6-7-8-9-10-11-14-17-23-19(2)18-24-21(23)20-15-12-13-16-22-20/h12-13,15-16,21H,2-11,14,17-18H2,1H3. The van der Waals surface area contributed by atoms with Crippen molar-refractivity contribution < 1.29 is 0 Å². The second kappa shape index (κ2) is 11.6. The summed E-state index contributed by atoms with van der Waals surface area (Å²) in [5.41, 5.74) is 2.44. The van der Waals surface area contributed by atoms with Gasteiger partial charge >= 0.3 is 0 Å². The van der Waals surface area contributed by atoms with Crippen LogP contribution in [0.2, 0.25) is 0 Å². The lowest BCUT2D eigenvalue weighted by Crippen LogP contribution is -2.22. The first-order chi connectivity index (χ1) is 11.8. The highest BCUT2D eigenvalue weighted by molar-refractivity contribution is 7.99. The van der Waals surface area contributed by atoms with Crippen LogP contribution in [0.1, 0.15) is 82.2 Å². The molecule has 1 saturated heterocycles. The first-order valence-electron chi connectivity index (χ1n) is 9.80. The van der Waals surface area contributed by atoms with Crippen molar-refractivity contribution in [2.24, 2.45) is 0 Å². The van der Waals surface area contributed by atoms with Gasteiger partial charge in [-0.1, -0.05) is 77.4 Å². The predicted octanol–water partition coefficient (Wildman–Crippen LogP) is 6.56. The molecule has 1 fully saturated rings. The van der Waals surface area contributed by atoms with Crippen molar-refractivity contribution in [2.45, 2.75) is 76.5 Å². The van der Waals surface area contributed by atoms with Crippen molar-refractivity contribution in [3.63, 3.8) is 0 Å². The minimum Gasteiger partial charge on any atom is -0.357 e. The zero-order valence-corrected chi connectivity index (χ0v) is 16.2. The van der Waals surface area contributed by atoms with Crippen LogP contribution in [0.4, 0.5) is 0 Å². The van der Waals surface area contributed by atoms with Gasteiger partial charge in [0.25, 0.3) is 0 Å². The summed E-state index contributed by atoms with van der Waals surface area (Å²) in [6.45, 7) is 7.66. The highest BCUT2D eigenvalue weighted by Gasteiger charge is 2.28. The number of hydrogen-bond acceptors (Lipinski definition) is 3. The van der Waals surface area contributed by atoms with Gasteiger partial charge in [-0.25, -0.2) is 0 Å². The SMILES string of the molecule is C=C1CSC(c2ccccn2)N1CCCCCCCCCCCC. The summed E-state index contributed by atoms with van der Waals surface area (Å²) in [6, 6.07) is 6.22. The molecule has 1 aromatic heterocycles. The second-order valence-corrected chi connectivity index (χ2v) is 7.93. The molecule has 0 radical (unpaired) electrons. The normalized spacial score (nSPS) is 17.6. The van der Waals surface area contributed by atoms with E-state index in [0.29, 0.717) is 5.37 Å². The molecule has 134 valence electrons. The first kappa shape index (κ1) is 19.4. The van der Waals surface area contributed by atoms with E-state index in [4.69, 9.17) is 0 Å². The van der Waals surface area contributed by atoms with Gasteiger partial charge in [-0.3, -0.25) is 4.98 Å². The van der Waals surface area contributed by atoms with Gasteiger partial charge in [-0.05, 0) is 18.6 Å². The molecule has 2 nitrogen and oxygen atoms in total. The molecule has 0 aliphatic carbocycles. The number of unbranched alkanes of at least 4 members (excludes halogenated alkanes) is 9. The molecule has 2 rings (SSSR count). The Hall–Kier alpha value is -0.960. The Morgan fingerprint density at radius 1 is 1.04 bits per heavy atom. The Bertz CT molecular complexity index is 460. The van der Waals surface area contributed by atoms with E-state index in [1.54, 1.807) is 0 Å². The maximum absolute atomic E-state index is 4.54. The topological polar surface area (TPSA) is 16.1 Å². The van der Waals surface area contributed by atoms with E-state index in [0.717, 1.165) is 12.3 Å². The molecule has 0 N–H and O–H groups in total. The molecule has 3 heteroatoms. The molecule has 1 unspecified atom stereocenters. The third kappa shape index (κ3) is 6.51.